The van der Waals surface area contributed by atoms with Gasteiger partial charge in [-0.1, -0.05) is 26.8 Å². The van der Waals surface area contributed by atoms with E-state index in [1.807, 2.05) is 13.8 Å². The smallest absolute Gasteiger partial charge is 0.257 e. The number of piperazine rings is 1. The van der Waals surface area contributed by atoms with Crippen LogP contribution in [0.1, 0.15) is 56.5 Å². The van der Waals surface area contributed by atoms with Crippen molar-refractivity contribution >= 4 is 11.6 Å². The third-order valence-electron chi connectivity index (χ3n) is 6.98. The van der Waals surface area contributed by atoms with E-state index in [0.717, 1.165) is 32.7 Å². The van der Waals surface area contributed by atoms with Crippen LogP contribution in [0.25, 0.3) is 0 Å². The molecule has 9 nitrogen and oxygen atoms in total. The zero-order chi connectivity index (χ0) is 27.3. The molecule has 10 heteroatoms. The van der Waals surface area contributed by atoms with Crippen LogP contribution in [0.5, 0.6) is 11.5 Å². The number of hydrogen-bond donors (Lipinski definition) is 5. The van der Waals surface area contributed by atoms with Gasteiger partial charge in [-0.05, 0) is 43.1 Å². The highest BCUT2D eigenvalue weighted by Crippen LogP contribution is 2.37. The highest BCUT2D eigenvalue weighted by molar-refractivity contribution is 5.85. The van der Waals surface area contributed by atoms with Gasteiger partial charge in [0.15, 0.2) is 6.17 Å². The lowest BCUT2D eigenvalue weighted by molar-refractivity contribution is -0.122. The average molecular weight is 517 g/mol. The topological polar surface area (TPSA) is 131 Å². The molecule has 1 saturated heterocycles. The molecule has 2 unspecified atom stereocenters. The molecule has 0 aliphatic carbocycles. The van der Waals surface area contributed by atoms with Crippen molar-refractivity contribution in [1.29, 1.82) is 0 Å². The molecule has 0 bridgehead atoms. The molecule has 1 aliphatic rings. The predicted molar refractivity (Wildman–Crippen MR) is 144 cm³/mol. The van der Waals surface area contributed by atoms with E-state index in [2.05, 4.69) is 22.0 Å². The lowest BCUT2D eigenvalue weighted by Gasteiger charge is -2.36. The van der Waals surface area contributed by atoms with Gasteiger partial charge in [-0.3, -0.25) is 9.69 Å². The summed E-state index contributed by atoms with van der Waals surface area (Å²) in [6, 6.07) is 7.54. The Bertz CT molecular complexity index is 1070. The molecule has 0 radical (unpaired) electrons. The molecule has 1 heterocycles. The van der Waals surface area contributed by atoms with E-state index in [1.165, 1.54) is 17.0 Å². The number of likely N-dealkylation sites (N-methyl/N-ethyl adjacent to an activating group) is 2. The number of phenolic OH excluding ortho intramolecular Hbond substituents is 2. The fourth-order valence-electron chi connectivity index (χ4n) is 4.69. The molecule has 0 aromatic heterocycles. The van der Waals surface area contributed by atoms with E-state index in [4.69, 9.17) is 11.5 Å². The summed E-state index contributed by atoms with van der Waals surface area (Å²) in [5.74, 6) is -1.26. The number of hydrogen-bond acceptors (Lipinski definition) is 8. The summed E-state index contributed by atoms with van der Waals surface area (Å²) >= 11 is 0. The van der Waals surface area contributed by atoms with Crippen LogP contribution < -0.4 is 21.7 Å². The zero-order valence-electron chi connectivity index (χ0n) is 22.2. The third kappa shape index (κ3) is 6.70. The van der Waals surface area contributed by atoms with Gasteiger partial charge < -0.3 is 36.8 Å². The minimum atomic E-state index is -1.25. The molecule has 0 spiro atoms. The lowest BCUT2D eigenvalue weighted by Crippen LogP contribution is -2.55. The quantitative estimate of drug-likeness (QED) is 0.304. The summed E-state index contributed by atoms with van der Waals surface area (Å²) in [6.45, 7) is 13.2. The van der Waals surface area contributed by atoms with Gasteiger partial charge in [0, 0.05) is 62.1 Å². The highest BCUT2D eigenvalue weighted by atomic mass is 19.1. The van der Waals surface area contributed by atoms with Gasteiger partial charge in [0.2, 0.25) is 0 Å². The largest absolute Gasteiger partial charge is 0.508 e. The van der Waals surface area contributed by atoms with E-state index in [-0.39, 0.29) is 23.0 Å². The molecule has 2 aromatic carbocycles. The molecule has 1 aliphatic heterocycles. The van der Waals surface area contributed by atoms with Crippen molar-refractivity contribution in [1.82, 2.24) is 15.1 Å². The number of halogens is 1. The Kier molecular flexibility index (Phi) is 9.72. The number of nitrogens with one attached hydrogen (secondary N) is 1. The number of benzene rings is 2. The molecule has 2 aromatic rings. The minimum Gasteiger partial charge on any atom is -0.508 e. The van der Waals surface area contributed by atoms with E-state index in [0.29, 0.717) is 29.9 Å². The number of aromatic hydroxyl groups is 2. The van der Waals surface area contributed by atoms with Crippen LogP contribution in [-0.2, 0) is 11.3 Å². The Morgan fingerprint density at radius 2 is 1.65 bits per heavy atom. The van der Waals surface area contributed by atoms with Crippen LogP contribution in [0.4, 0.5) is 10.1 Å². The van der Waals surface area contributed by atoms with Crippen molar-refractivity contribution in [2.75, 3.05) is 44.2 Å². The second-order valence-electron chi connectivity index (χ2n) is 9.80. The second-order valence-corrected chi connectivity index (χ2v) is 9.80. The van der Waals surface area contributed by atoms with Gasteiger partial charge in [-0.15, -0.1) is 0 Å². The number of nitrogens with two attached hydrogens (primary N) is 2. The van der Waals surface area contributed by atoms with Crippen molar-refractivity contribution in [3.05, 3.63) is 52.8 Å². The Labute approximate surface area is 218 Å². The molecule has 7 N–H and O–H groups in total. The Balaban J connectivity index is 1.94. The van der Waals surface area contributed by atoms with Crippen molar-refractivity contribution in [2.45, 2.75) is 52.5 Å². The number of amides is 1. The minimum absolute atomic E-state index is 0.0482. The Hall–Kier alpha value is -2.92. The zero-order valence-corrected chi connectivity index (χ0v) is 22.2. The number of anilines is 1. The number of rotatable bonds is 10. The average Bonchev–Trinajstić information content (AvgIpc) is 2.86. The maximum atomic E-state index is 15.4. The summed E-state index contributed by atoms with van der Waals surface area (Å²) in [7, 11) is 0. The number of carbonyl (C=O) groups excluding carboxylic acids is 1. The fourth-order valence-corrected chi connectivity index (χ4v) is 4.69. The van der Waals surface area contributed by atoms with Crippen LogP contribution in [-0.4, -0.2) is 71.4 Å². The first-order valence-corrected chi connectivity index (χ1v) is 12.9. The third-order valence-corrected chi connectivity index (χ3v) is 6.98. The van der Waals surface area contributed by atoms with Crippen LogP contribution in [0.15, 0.2) is 30.3 Å². The van der Waals surface area contributed by atoms with E-state index in [1.54, 1.807) is 25.1 Å². The molecule has 2 atom stereocenters. The first-order valence-electron chi connectivity index (χ1n) is 12.9. The monoisotopic (exact) mass is 516 g/mol. The summed E-state index contributed by atoms with van der Waals surface area (Å²) < 4.78 is 15.4. The van der Waals surface area contributed by atoms with E-state index < -0.39 is 24.1 Å². The van der Waals surface area contributed by atoms with Crippen LogP contribution >= 0.6 is 0 Å². The maximum absolute atomic E-state index is 15.4. The van der Waals surface area contributed by atoms with Crippen LogP contribution in [0.2, 0.25) is 0 Å². The molecule has 204 valence electrons. The van der Waals surface area contributed by atoms with E-state index in [9.17, 15) is 15.0 Å². The lowest BCUT2D eigenvalue weighted by atomic mass is 9.97. The van der Waals surface area contributed by atoms with Gasteiger partial charge in [-0.25, -0.2) is 4.39 Å². The summed E-state index contributed by atoms with van der Waals surface area (Å²) in [5, 5.41) is 23.6. The van der Waals surface area contributed by atoms with Crippen LogP contribution in [0, 0.1) is 5.82 Å². The standard InChI is InChI=1S/C27H41FN6O3/c1-5-31-27(37)26(30)34(25(29)21-14-20(17(3)4)23(35)15-24(21)36)19-8-7-18(22(28)13-19)16-33-11-9-32(6-2)10-12-33/h7-8,13-15,17,25-26,35-36H,5-6,9-12,16,29-30H2,1-4H3,(H,31,37). The predicted octanol–water partition coefficient (Wildman–Crippen LogP) is 2.38. The summed E-state index contributed by atoms with van der Waals surface area (Å²) in [4.78, 5) is 18.7. The molecule has 3 rings (SSSR count). The number of carbonyl (C=O) groups is 1. The van der Waals surface area contributed by atoms with Crippen molar-refractivity contribution in [3.8, 4) is 11.5 Å². The van der Waals surface area contributed by atoms with Gasteiger partial charge >= 0.3 is 0 Å². The summed E-state index contributed by atoms with van der Waals surface area (Å²) in [6.07, 6.45) is -2.35. The first-order chi connectivity index (χ1) is 17.6. The summed E-state index contributed by atoms with van der Waals surface area (Å²) in [5.41, 5.74) is 14.6. The Morgan fingerprint density at radius 1 is 1.03 bits per heavy atom. The van der Waals surface area contributed by atoms with Gasteiger partial charge in [0.25, 0.3) is 5.91 Å². The SMILES string of the molecule is CCNC(=O)C(N)N(c1ccc(CN2CCN(CC)CC2)c(F)c1)C(N)c1cc(C(C)C)c(O)cc1O. The maximum Gasteiger partial charge on any atom is 0.257 e. The normalized spacial score (nSPS) is 16.5. The molecular weight excluding hydrogens is 475 g/mol. The van der Waals surface area contributed by atoms with Gasteiger partial charge in [0.1, 0.15) is 23.5 Å². The van der Waals surface area contributed by atoms with Gasteiger partial charge in [-0.2, -0.15) is 0 Å². The molecule has 1 amide bonds. The first kappa shape index (κ1) is 28.6. The highest BCUT2D eigenvalue weighted by Gasteiger charge is 2.31. The van der Waals surface area contributed by atoms with Gasteiger partial charge in [0.05, 0.1) is 0 Å². The molecule has 1 fully saturated rings. The Morgan fingerprint density at radius 3 is 2.22 bits per heavy atom. The number of phenols is 2. The van der Waals surface area contributed by atoms with Crippen molar-refractivity contribution in [3.63, 3.8) is 0 Å². The molecule has 37 heavy (non-hydrogen) atoms. The molecule has 0 saturated carbocycles. The van der Waals surface area contributed by atoms with E-state index >= 15 is 4.39 Å². The second kappa shape index (κ2) is 12.6. The van der Waals surface area contributed by atoms with Crippen molar-refractivity contribution in [2.24, 2.45) is 11.5 Å². The molecular formula is C27H41FN6O3. The van der Waals surface area contributed by atoms with Crippen molar-refractivity contribution < 1.29 is 19.4 Å². The number of nitrogens with zero attached hydrogens (tertiary/aromatic N) is 3. The fraction of sp³-hybridized carbons (Fsp3) is 0.519. The van der Waals surface area contributed by atoms with Crippen LogP contribution in [0.3, 0.4) is 0 Å².